The third-order valence-corrected chi connectivity index (χ3v) is 5.75. The lowest BCUT2D eigenvalue weighted by atomic mass is 10.1. The lowest BCUT2D eigenvalue weighted by molar-refractivity contribution is -0.140. The lowest BCUT2D eigenvalue weighted by Crippen LogP contribution is -2.61. The monoisotopic (exact) mass is 457 g/mol. The van der Waals surface area contributed by atoms with Gasteiger partial charge in [0.25, 0.3) is 11.8 Å². The van der Waals surface area contributed by atoms with Gasteiger partial charge in [-0.2, -0.15) is 4.99 Å². The molecule has 0 saturated carbocycles. The van der Waals surface area contributed by atoms with Crippen molar-refractivity contribution in [3.8, 4) is 0 Å². The lowest BCUT2D eigenvalue weighted by Gasteiger charge is -2.35. The molecule has 0 radical (unpaired) electrons. The maximum atomic E-state index is 12.4. The van der Waals surface area contributed by atoms with Gasteiger partial charge in [-0.05, 0) is 30.7 Å². The highest BCUT2D eigenvalue weighted by Gasteiger charge is 2.45. The van der Waals surface area contributed by atoms with Gasteiger partial charge in [-0.1, -0.05) is 0 Å². The Hall–Kier alpha value is -4.00. The third kappa shape index (κ3) is 4.62. The number of nitrogens with zero attached hydrogens (tertiary/aromatic N) is 4. The first-order valence-electron chi connectivity index (χ1n) is 10.3. The standard InChI is InChI=1S/C20H23N7O6/c21-20-24-16-15(18(31)25-20)27-9-26(8-12(27)7-22-16)11-3-1-10(2-4-11)17(30)23-13(19(32)33)5-6-14(28)29/h1-4,12-13,15H,5-9H2,(H,23,30)(H,28,29)(H,32,33)(H3,21,22,24,25,31). The van der Waals surface area contributed by atoms with Crippen LogP contribution in [0.2, 0.25) is 0 Å². The van der Waals surface area contributed by atoms with E-state index in [1.54, 1.807) is 24.3 Å². The van der Waals surface area contributed by atoms with Crippen molar-refractivity contribution in [1.82, 2.24) is 15.5 Å². The molecule has 2 amide bonds. The highest BCUT2D eigenvalue weighted by Crippen LogP contribution is 2.28. The van der Waals surface area contributed by atoms with Gasteiger partial charge in [0.1, 0.15) is 6.04 Å². The van der Waals surface area contributed by atoms with Gasteiger partial charge in [-0.15, -0.1) is 0 Å². The second kappa shape index (κ2) is 8.86. The Morgan fingerprint density at radius 3 is 2.64 bits per heavy atom. The summed E-state index contributed by atoms with van der Waals surface area (Å²) in [5.74, 6) is -2.88. The van der Waals surface area contributed by atoms with E-state index in [0.717, 1.165) is 5.69 Å². The summed E-state index contributed by atoms with van der Waals surface area (Å²) in [6, 6.07) is 4.72. The minimum Gasteiger partial charge on any atom is -0.481 e. The maximum absolute atomic E-state index is 12.4. The second-order valence-electron chi connectivity index (χ2n) is 7.96. The van der Waals surface area contributed by atoms with Crippen molar-refractivity contribution in [1.29, 1.82) is 0 Å². The van der Waals surface area contributed by atoms with Crippen LogP contribution in [-0.2, 0) is 14.4 Å². The van der Waals surface area contributed by atoms with Crippen LogP contribution in [0.25, 0.3) is 0 Å². The highest BCUT2D eigenvalue weighted by molar-refractivity contribution is 6.19. The summed E-state index contributed by atoms with van der Waals surface area (Å²) in [6.45, 7) is 1.57. The van der Waals surface area contributed by atoms with Crippen molar-refractivity contribution in [3.63, 3.8) is 0 Å². The van der Waals surface area contributed by atoms with E-state index in [-0.39, 0.29) is 36.3 Å². The molecule has 0 aromatic heterocycles. The number of nitrogens with one attached hydrogen (secondary N) is 2. The molecule has 1 saturated heterocycles. The van der Waals surface area contributed by atoms with Gasteiger partial charge in [0.05, 0.1) is 13.2 Å². The third-order valence-electron chi connectivity index (χ3n) is 5.75. The van der Waals surface area contributed by atoms with Crippen molar-refractivity contribution in [2.24, 2.45) is 15.7 Å². The number of benzene rings is 1. The fraction of sp³-hybridized carbons (Fsp3) is 0.400. The molecule has 174 valence electrons. The van der Waals surface area contributed by atoms with Crippen LogP contribution in [0, 0.1) is 0 Å². The van der Waals surface area contributed by atoms with Crippen molar-refractivity contribution in [2.75, 3.05) is 24.7 Å². The minimum atomic E-state index is -1.30. The topological polar surface area (TPSA) is 190 Å². The Bertz CT molecular complexity index is 1050. The molecule has 1 aromatic rings. The average molecular weight is 457 g/mol. The molecule has 33 heavy (non-hydrogen) atoms. The van der Waals surface area contributed by atoms with Gasteiger partial charge in [-0.25, -0.2) is 4.79 Å². The fourth-order valence-electron chi connectivity index (χ4n) is 4.11. The number of hydrogen-bond donors (Lipinski definition) is 5. The van der Waals surface area contributed by atoms with E-state index in [2.05, 4.69) is 20.6 Å². The van der Waals surface area contributed by atoms with Crippen LogP contribution in [0.5, 0.6) is 0 Å². The van der Waals surface area contributed by atoms with Crippen LogP contribution in [-0.4, -0.2) is 88.5 Å². The SMILES string of the molecule is NC1=NC2=NCC3CN(c4ccc(C(=O)NC(CCC(=O)O)C(=O)O)cc4)CN3C2C(=O)N1. The van der Waals surface area contributed by atoms with Gasteiger partial charge in [-0.3, -0.25) is 29.6 Å². The molecule has 13 heteroatoms. The van der Waals surface area contributed by atoms with E-state index < -0.39 is 29.9 Å². The number of amides is 2. The quantitative estimate of drug-likeness (QED) is 0.321. The highest BCUT2D eigenvalue weighted by atomic mass is 16.4. The van der Waals surface area contributed by atoms with Gasteiger partial charge < -0.3 is 26.2 Å². The predicted molar refractivity (Wildman–Crippen MR) is 116 cm³/mol. The number of fused-ring (bicyclic) bond motifs is 3. The fourth-order valence-corrected chi connectivity index (χ4v) is 4.11. The zero-order valence-electron chi connectivity index (χ0n) is 17.5. The first-order valence-corrected chi connectivity index (χ1v) is 10.3. The number of rotatable bonds is 7. The Kier molecular flexibility index (Phi) is 5.96. The summed E-state index contributed by atoms with van der Waals surface area (Å²) in [5, 5.41) is 22.8. The molecule has 0 spiro atoms. The number of anilines is 1. The molecule has 4 rings (SSSR count). The average Bonchev–Trinajstić information content (AvgIpc) is 3.20. The number of aliphatic imine (C=N–C) groups is 2. The number of carboxylic acids is 2. The van der Waals surface area contributed by atoms with Crippen LogP contribution in [0.3, 0.4) is 0 Å². The number of carboxylic acid groups (broad SMARTS) is 2. The molecule has 6 N–H and O–H groups in total. The first kappa shape index (κ1) is 22.2. The molecule has 1 aromatic carbocycles. The number of hydrogen-bond acceptors (Lipinski definition) is 9. The zero-order chi connectivity index (χ0) is 23.7. The molecule has 3 aliphatic heterocycles. The van der Waals surface area contributed by atoms with Crippen LogP contribution in [0.1, 0.15) is 23.2 Å². The van der Waals surface area contributed by atoms with E-state index in [0.29, 0.717) is 25.6 Å². The molecule has 3 unspecified atom stereocenters. The molecule has 3 aliphatic rings. The summed E-state index contributed by atoms with van der Waals surface area (Å²) in [4.78, 5) is 59.5. The molecule has 0 bridgehead atoms. The van der Waals surface area contributed by atoms with Crippen LogP contribution in [0.15, 0.2) is 34.3 Å². The van der Waals surface area contributed by atoms with Gasteiger partial charge in [0, 0.05) is 30.3 Å². The summed E-state index contributed by atoms with van der Waals surface area (Å²) >= 11 is 0. The second-order valence-corrected chi connectivity index (χ2v) is 7.96. The number of aliphatic carboxylic acids is 2. The zero-order valence-corrected chi connectivity index (χ0v) is 17.5. The maximum Gasteiger partial charge on any atom is 0.326 e. The molecular formula is C20H23N7O6. The summed E-state index contributed by atoms with van der Waals surface area (Å²) in [5.41, 5.74) is 6.69. The summed E-state index contributed by atoms with van der Waals surface area (Å²) < 4.78 is 0. The molecule has 0 aliphatic carbocycles. The predicted octanol–water partition coefficient (Wildman–Crippen LogP) is -1.59. The number of carbonyl (C=O) groups is 4. The number of carbonyl (C=O) groups excluding carboxylic acids is 2. The van der Waals surface area contributed by atoms with Gasteiger partial charge in [0.15, 0.2) is 11.9 Å². The molecular weight excluding hydrogens is 434 g/mol. The van der Waals surface area contributed by atoms with Crippen LogP contribution in [0.4, 0.5) is 5.69 Å². The Balaban J connectivity index is 1.41. The smallest absolute Gasteiger partial charge is 0.326 e. The summed E-state index contributed by atoms with van der Waals surface area (Å²) in [7, 11) is 0. The van der Waals surface area contributed by atoms with Crippen molar-refractivity contribution in [2.45, 2.75) is 31.0 Å². The van der Waals surface area contributed by atoms with E-state index in [1.807, 2.05) is 9.80 Å². The largest absolute Gasteiger partial charge is 0.481 e. The van der Waals surface area contributed by atoms with Crippen molar-refractivity contribution >= 4 is 41.2 Å². The Labute approximate surface area is 188 Å². The van der Waals surface area contributed by atoms with Crippen LogP contribution < -0.4 is 21.3 Å². The minimum absolute atomic E-state index is 0.0209. The first-order chi connectivity index (χ1) is 15.7. The van der Waals surface area contributed by atoms with Crippen molar-refractivity contribution < 1.29 is 29.4 Å². The van der Waals surface area contributed by atoms with E-state index >= 15 is 0 Å². The van der Waals surface area contributed by atoms with Crippen LogP contribution >= 0.6 is 0 Å². The number of nitrogens with two attached hydrogens (primary N) is 1. The van der Waals surface area contributed by atoms with Crippen molar-refractivity contribution in [3.05, 3.63) is 29.8 Å². The molecule has 3 atom stereocenters. The van der Waals surface area contributed by atoms with E-state index in [1.165, 1.54) is 0 Å². The summed E-state index contributed by atoms with van der Waals surface area (Å²) in [6.07, 6.45) is -0.584. The number of amidine groups is 1. The van der Waals surface area contributed by atoms with E-state index in [9.17, 15) is 24.3 Å². The number of guanidine groups is 1. The Morgan fingerprint density at radius 1 is 1.24 bits per heavy atom. The molecule has 1 fully saturated rings. The van der Waals surface area contributed by atoms with Gasteiger partial charge in [0.2, 0.25) is 5.96 Å². The Morgan fingerprint density at radius 2 is 1.97 bits per heavy atom. The molecule has 3 heterocycles. The molecule has 13 nitrogen and oxygen atoms in total. The van der Waals surface area contributed by atoms with Gasteiger partial charge >= 0.3 is 11.9 Å². The van der Waals surface area contributed by atoms with E-state index in [4.69, 9.17) is 10.8 Å². The normalized spacial score (nSPS) is 22.9.